The van der Waals surface area contributed by atoms with Crippen molar-refractivity contribution in [2.45, 2.75) is 33.5 Å². The molecule has 0 saturated carbocycles. The molecule has 0 bridgehead atoms. The number of hydrogen-bond acceptors (Lipinski definition) is 3. The zero-order chi connectivity index (χ0) is 16.5. The largest absolute Gasteiger partial charge is 0.380 e. The van der Waals surface area contributed by atoms with Crippen LogP contribution in [-0.2, 0) is 24.4 Å². The predicted molar refractivity (Wildman–Crippen MR) is 97.9 cm³/mol. The lowest BCUT2D eigenvalue weighted by atomic mass is 10.1. The second-order valence-electron chi connectivity index (χ2n) is 5.31. The van der Waals surface area contributed by atoms with Gasteiger partial charge in [0.05, 0.1) is 19.7 Å². The van der Waals surface area contributed by atoms with Gasteiger partial charge in [0.1, 0.15) is 0 Å². The monoisotopic (exact) mass is 331 g/mol. The van der Waals surface area contributed by atoms with Gasteiger partial charge in [-0.3, -0.25) is 0 Å². The molecule has 5 heteroatoms. The van der Waals surface area contributed by atoms with Gasteiger partial charge in [-0.25, -0.2) is 4.99 Å². The zero-order valence-corrected chi connectivity index (χ0v) is 14.9. The summed E-state index contributed by atoms with van der Waals surface area (Å²) >= 11 is 1.81. The van der Waals surface area contributed by atoms with E-state index in [1.54, 1.807) is 7.11 Å². The van der Waals surface area contributed by atoms with Crippen LogP contribution in [0.4, 0.5) is 0 Å². The summed E-state index contributed by atoms with van der Waals surface area (Å²) in [6, 6.07) is 12.7. The number of hydrogen-bond donors (Lipinski definition) is 2. The molecule has 2 aromatic rings. The molecule has 2 rings (SSSR count). The van der Waals surface area contributed by atoms with Crippen LogP contribution in [0.1, 0.15) is 27.8 Å². The Labute approximate surface area is 142 Å². The number of methoxy groups -OCH3 is 1. The topological polar surface area (TPSA) is 45.7 Å². The molecule has 0 aliphatic heterocycles. The van der Waals surface area contributed by atoms with Crippen molar-refractivity contribution in [2.75, 3.05) is 13.7 Å². The summed E-state index contributed by atoms with van der Waals surface area (Å²) in [5.41, 5.74) is 2.36. The van der Waals surface area contributed by atoms with Gasteiger partial charge in [0.15, 0.2) is 5.96 Å². The lowest BCUT2D eigenvalue weighted by Gasteiger charge is -2.10. The van der Waals surface area contributed by atoms with Gasteiger partial charge in [-0.1, -0.05) is 24.3 Å². The van der Waals surface area contributed by atoms with Crippen LogP contribution >= 0.6 is 11.3 Å². The molecular formula is C18H25N3OS. The van der Waals surface area contributed by atoms with Gasteiger partial charge >= 0.3 is 0 Å². The molecule has 0 aliphatic rings. The number of ether oxygens (including phenoxy) is 1. The van der Waals surface area contributed by atoms with Crippen molar-refractivity contribution < 1.29 is 4.74 Å². The molecule has 0 unspecified atom stereocenters. The van der Waals surface area contributed by atoms with Crippen LogP contribution in [0.3, 0.4) is 0 Å². The maximum atomic E-state index is 5.18. The summed E-state index contributed by atoms with van der Waals surface area (Å²) in [4.78, 5) is 7.31. The van der Waals surface area contributed by atoms with Crippen molar-refractivity contribution in [2.24, 2.45) is 4.99 Å². The molecule has 0 aliphatic carbocycles. The highest BCUT2D eigenvalue weighted by molar-refractivity contribution is 7.11. The van der Waals surface area contributed by atoms with E-state index in [4.69, 9.17) is 4.74 Å². The van der Waals surface area contributed by atoms with E-state index in [9.17, 15) is 0 Å². The van der Waals surface area contributed by atoms with Gasteiger partial charge < -0.3 is 15.4 Å². The molecule has 4 nitrogen and oxygen atoms in total. The first kappa shape index (κ1) is 17.5. The van der Waals surface area contributed by atoms with Crippen molar-refractivity contribution >= 4 is 17.3 Å². The van der Waals surface area contributed by atoms with Gasteiger partial charge in [0.25, 0.3) is 0 Å². The van der Waals surface area contributed by atoms with E-state index in [0.717, 1.165) is 19.0 Å². The number of benzene rings is 1. The first-order chi connectivity index (χ1) is 11.2. The van der Waals surface area contributed by atoms with Crippen molar-refractivity contribution in [3.63, 3.8) is 0 Å². The van der Waals surface area contributed by atoms with Crippen LogP contribution in [0.2, 0.25) is 0 Å². The lowest BCUT2D eigenvalue weighted by Crippen LogP contribution is -2.36. The average molecular weight is 331 g/mol. The molecule has 23 heavy (non-hydrogen) atoms. The maximum Gasteiger partial charge on any atom is 0.191 e. The standard InChI is InChI=1S/C18H25N3OS/c1-4-19-18(21-12-17-9-8-14(2)23-17)20-11-15-6-5-7-16(10-15)13-22-3/h5-10H,4,11-13H2,1-3H3,(H2,19,20,21). The number of aliphatic imine (C=N–C) groups is 1. The van der Waals surface area contributed by atoms with Crippen molar-refractivity contribution in [1.29, 1.82) is 0 Å². The van der Waals surface area contributed by atoms with E-state index in [1.807, 2.05) is 17.4 Å². The van der Waals surface area contributed by atoms with Crippen LogP contribution in [0.15, 0.2) is 41.4 Å². The highest BCUT2D eigenvalue weighted by atomic mass is 32.1. The molecule has 0 fully saturated rings. The van der Waals surface area contributed by atoms with E-state index >= 15 is 0 Å². The third-order valence-corrected chi connectivity index (χ3v) is 4.29. The van der Waals surface area contributed by atoms with E-state index in [1.165, 1.54) is 20.9 Å². The SMILES string of the molecule is CCNC(=NCc1cccc(COC)c1)NCc1ccc(C)s1. The van der Waals surface area contributed by atoms with Crippen LogP contribution in [-0.4, -0.2) is 19.6 Å². The third-order valence-electron chi connectivity index (χ3n) is 3.29. The van der Waals surface area contributed by atoms with Crippen LogP contribution in [0, 0.1) is 6.92 Å². The minimum atomic E-state index is 0.633. The lowest BCUT2D eigenvalue weighted by molar-refractivity contribution is 0.185. The number of thiophene rings is 1. The fourth-order valence-electron chi connectivity index (χ4n) is 2.25. The molecule has 0 spiro atoms. The van der Waals surface area contributed by atoms with E-state index in [-0.39, 0.29) is 0 Å². The Balaban J connectivity index is 1.96. The second kappa shape index (κ2) is 9.33. The summed E-state index contributed by atoms with van der Waals surface area (Å²) in [5, 5.41) is 6.67. The Morgan fingerprint density at radius 2 is 2.00 bits per heavy atom. The van der Waals surface area contributed by atoms with E-state index in [2.05, 4.69) is 59.8 Å². The smallest absolute Gasteiger partial charge is 0.191 e. The molecule has 1 aromatic heterocycles. The molecule has 0 radical (unpaired) electrons. The van der Waals surface area contributed by atoms with Gasteiger partial charge in [0.2, 0.25) is 0 Å². The number of guanidine groups is 1. The predicted octanol–water partition coefficient (Wildman–Crippen LogP) is 3.46. The summed E-state index contributed by atoms with van der Waals surface area (Å²) in [6.07, 6.45) is 0. The van der Waals surface area contributed by atoms with Crippen LogP contribution < -0.4 is 10.6 Å². The molecule has 1 aromatic carbocycles. The van der Waals surface area contributed by atoms with Gasteiger partial charge in [0, 0.05) is 23.4 Å². The highest BCUT2D eigenvalue weighted by Crippen LogP contribution is 2.14. The van der Waals surface area contributed by atoms with Gasteiger partial charge in [-0.2, -0.15) is 0 Å². The molecule has 0 atom stereocenters. The second-order valence-corrected chi connectivity index (χ2v) is 6.69. The van der Waals surface area contributed by atoms with Crippen LogP contribution in [0.25, 0.3) is 0 Å². The van der Waals surface area contributed by atoms with Gasteiger partial charge in [-0.05, 0) is 37.1 Å². The molecule has 2 N–H and O–H groups in total. The Morgan fingerprint density at radius 1 is 1.17 bits per heavy atom. The molecule has 0 saturated heterocycles. The first-order valence-electron chi connectivity index (χ1n) is 7.85. The normalized spacial score (nSPS) is 11.5. The molecule has 124 valence electrons. The Hall–Kier alpha value is -1.85. The average Bonchev–Trinajstić information content (AvgIpc) is 2.96. The Morgan fingerprint density at radius 3 is 2.70 bits per heavy atom. The van der Waals surface area contributed by atoms with Crippen molar-refractivity contribution in [1.82, 2.24) is 10.6 Å². The highest BCUT2D eigenvalue weighted by Gasteiger charge is 2.01. The third kappa shape index (κ3) is 6.04. The number of nitrogens with one attached hydrogen (secondary N) is 2. The Kier molecular flexibility index (Phi) is 7.10. The summed E-state index contributed by atoms with van der Waals surface area (Å²) < 4.78 is 5.18. The summed E-state index contributed by atoms with van der Waals surface area (Å²) in [7, 11) is 1.71. The summed E-state index contributed by atoms with van der Waals surface area (Å²) in [6.45, 7) is 7.13. The number of rotatable bonds is 7. The maximum absolute atomic E-state index is 5.18. The molecule has 0 amide bonds. The minimum Gasteiger partial charge on any atom is -0.380 e. The molecular weight excluding hydrogens is 306 g/mol. The summed E-state index contributed by atoms with van der Waals surface area (Å²) in [5.74, 6) is 0.843. The van der Waals surface area contributed by atoms with Gasteiger partial charge in [-0.15, -0.1) is 11.3 Å². The molecule has 1 heterocycles. The number of nitrogens with zero attached hydrogens (tertiary/aromatic N) is 1. The quantitative estimate of drug-likeness (QED) is 0.603. The van der Waals surface area contributed by atoms with Crippen molar-refractivity contribution in [3.05, 3.63) is 57.3 Å². The Bertz CT molecular complexity index is 637. The fourth-order valence-corrected chi connectivity index (χ4v) is 3.08. The van der Waals surface area contributed by atoms with E-state index < -0.39 is 0 Å². The van der Waals surface area contributed by atoms with E-state index in [0.29, 0.717) is 13.2 Å². The number of aryl methyl sites for hydroxylation is 1. The first-order valence-corrected chi connectivity index (χ1v) is 8.67. The van der Waals surface area contributed by atoms with Crippen LogP contribution in [0.5, 0.6) is 0 Å². The fraction of sp³-hybridized carbons (Fsp3) is 0.389. The zero-order valence-electron chi connectivity index (χ0n) is 14.1. The van der Waals surface area contributed by atoms with Crippen molar-refractivity contribution in [3.8, 4) is 0 Å². The minimum absolute atomic E-state index is 0.633.